The quantitative estimate of drug-likeness (QED) is 0.805. The first-order valence-corrected chi connectivity index (χ1v) is 6.50. The molecule has 1 N–H and O–H groups in total. The highest BCUT2D eigenvalue weighted by molar-refractivity contribution is 5.73. The summed E-state index contributed by atoms with van der Waals surface area (Å²) in [6.07, 6.45) is 0. The molecule has 2 nitrogen and oxygen atoms in total. The van der Waals surface area contributed by atoms with Crippen LogP contribution in [0.1, 0.15) is 16.7 Å². The molecule has 0 atom stereocenters. The SMILES string of the molecule is C=C(OC)c1cccc(Nc2c(C)ccc(F)c2F)c1C. The molecule has 2 rings (SSSR count). The Balaban J connectivity index is 2.46. The normalized spacial score (nSPS) is 10.3. The zero-order valence-electron chi connectivity index (χ0n) is 12.3. The van der Waals surface area contributed by atoms with E-state index in [2.05, 4.69) is 11.9 Å². The molecule has 2 aromatic carbocycles. The Morgan fingerprint density at radius 2 is 1.86 bits per heavy atom. The number of nitrogens with one attached hydrogen (secondary N) is 1. The third-order valence-electron chi connectivity index (χ3n) is 3.44. The number of ether oxygens (including phenoxy) is 1. The molecule has 0 amide bonds. The van der Waals surface area contributed by atoms with E-state index in [4.69, 9.17) is 4.74 Å². The van der Waals surface area contributed by atoms with E-state index >= 15 is 0 Å². The summed E-state index contributed by atoms with van der Waals surface area (Å²) in [5.74, 6) is -1.24. The summed E-state index contributed by atoms with van der Waals surface area (Å²) in [5.41, 5.74) is 3.12. The molecule has 0 spiro atoms. The molecular weight excluding hydrogens is 272 g/mol. The van der Waals surface area contributed by atoms with Crippen LogP contribution in [-0.4, -0.2) is 7.11 Å². The second kappa shape index (κ2) is 5.95. The number of anilines is 2. The van der Waals surface area contributed by atoms with E-state index in [1.807, 2.05) is 13.0 Å². The first-order valence-electron chi connectivity index (χ1n) is 6.50. The van der Waals surface area contributed by atoms with Gasteiger partial charge in [-0.3, -0.25) is 0 Å². The van der Waals surface area contributed by atoms with Gasteiger partial charge < -0.3 is 10.1 Å². The van der Waals surface area contributed by atoms with E-state index in [9.17, 15) is 8.78 Å². The maximum atomic E-state index is 13.9. The third-order valence-corrected chi connectivity index (χ3v) is 3.44. The average Bonchev–Trinajstić information content (AvgIpc) is 2.48. The number of aryl methyl sites for hydroxylation is 1. The van der Waals surface area contributed by atoms with Crippen molar-refractivity contribution in [3.05, 3.63) is 65.2 Å². The van der Waals surface area contributed by atoms with Crippen molar-refractivity contribution in [2.24, 2.45) is 0 Å². The molecule has 0 aliphatic heterocycles. The predicted octanol–water partition coefficient (Wildman–Crippen LogP) is 4.94. The van der Waals surface area contributed by atoms with Crippen molar-refractivity contribution in [2.45, 2.75) is 13.8 Å². The van der Waals surface area contributed by atoms with E-state index in [1.54, 1.807) is 19.1 Å². The van der Waals surface area contributed by atoms with Gasteiger partial charge in [0.1, 0.15) is 5.76 Å². The minimum absolute atomic E-state index is 0.137. The lowest BCUT2D eigenvalue weighted by atomic mass is 10.0. The summed E-state index contributed by atoms with van der Waals surface area (Å²) in [7, 11) is 1.54. The summed E-state index contributed by atoms with van der Waals surface area (Å²) in [6, 6.07) is 8.12. The van der Waals surface area contributed by atoms with Crippen molar-refractivity contribution in [1.82, 2.24) is 0 Å². The summed E-state index contributed by atoms with van der Waals surface area (Å²) >= 11 is 0. The van der Waals surface area contributed by atoms with Crippen molar-refractivity contribution >= 4 is 17.1 Å². The van der Waals surface area contributed by atoms with E-state index in [-0.39, 0.29) is 5.69 Å². The van der Waals surface area contributed by atoms with Crippen LogP contribution in [0, 0.1) is 25.5 Å². The topological polar surface area (TPSA) is 21.3 Å². The molecule has 4 heteroatoms. The van der Waals surface area contributed by atoms with Gasteiger partial charge in [0.25, 0.3) is 0 Å². The second-order valence-electron chi connectivity index (χ2n) is 4.78. The van der Waals surface area contributed by atoms with Gasteiger partial charge in [-0.1, -0.05) is 24.8 Å². The average molecular weight is 289 g/mol. The Bertz CT molecular complexity index is 695. The van der Waals surface area contributed by atoms with Crippen LogP contribution in [-0.2, 0) is 4.74 Å². The van der Waals surface area contributed by atoms with Crippen LogP contribution in [0.2, 0.25) is 0 Å². The zero-order chi connectivity index (χ0) is 15.6. The van der Waals surface area contributed by atoms with Crippen molar-refractivity contribution < 1.29 is 13.5 Å². The molecule has 0 saturated heterocycles. The van der Waals surface area contributed by atoms with Gasteiger partial charge >= 0.3 is 0 Å². The summed E-state index contributed by atoms with van der Waals surface area (Å²) in [5, 5.41) is 2.96. The van der Waals surface area contributed by atoms with Gasteiger partial charge in [0.2, 0.25) is 0 Å². The maximum Gasteiger partial charge on any atom is 0.182 e. The predicted molar refractivity (Wildman–Crippen MR) is 81.6 cm³/mol. The van der Waals surface area contributed by atoms with Crippen LogP contribution in [0.5, 0.6) is 0 Å². The van der Waals surface area contributed by atoms with Gasteiger partial charge in [0.15, 0.2) is 11.6 Å². The van der Waals surface area contributed by atoms with Crippen molar-refractivity contribution in [2.75, 3.05) is 12.4 Å². The smallest absolute Gasteiger partial charge is 0.182 e. The molecule has 0 unspecified atom stereocenters. The van der Waals surface area contributed by atoms with Gasteiger partial charge in [-0.05, 0) is 37.1 Å². The van der Waals surface area contributed by atoms with E-state index < -0.39 is 11.6 Å². The van der Waals surface area contributed by atoms with E-state index in [0.29, 0.717) is 17.0 Å². The lowest BCUT2D eigenvalue weighted by Gasteiger charge is -2.16. The lowest BCUT2D eigenvalue weighted by Crippen LogP contribution is -2.02. The van der Waals surface area contributed by atoms with Crippen molar-refractivity contribution in [3.8, 4) is 0 Å². The van der Waals surface area contributed by atoms with E-state index in [1.165, 1.54) is 13.2 Å². The molecule has 0 radical (unpaired) electrons. The minimum Gasteiger partial charge on any atom is -0.497 e. The molecule has 0 heterocycles. The molecule has 0 saturated carbocycles. The molecule has 0 fully saturated rings. The number of halogens is 2. The van der Waals surface area contributed by atoms with Crippen LogP contribution in [0.3, 0.4) is 0 Å². The van der Waals surface area contributed by atoms with Crippen LogP contribution < -0.4 is 5.32 Å². The van der Waals surface area contributed by atoms with Crippen molar-refractivity contribution in [3.63, 3.8) is 0 Å². The highest BCUT2D eigenvalue weighted by Crippen LogP contribution is 2.30. The lowest BCUT2D eigenvalue weighted by molar-refractivity contribution is 0.371. The van der Waals surface area contributed by atoms with Gasteiger partial charge in [-0.2, -0.15) is 0 Å². The van der Waals surface area contributed by atoms with Gasteiger partial charge in [-0.15, -0.1) is 0 Å². The fourth-order valence-electron chi connectivity index (χ4n) is 2.12. The summed E-state index contributed by atoms with van der Waals surface area (Å²) < 4.78 is 32.4. The highest BCUT2D eigenvalue weighted by atomic mass is 19.2. The molecule has 0 bridgehead atoms. The number of rotatable bonds is 4. The Kier molecular flexibility index (Phi) is 4.26. The van der Waals surface area contributed by atoms with E-state index in [0.717, 1.165) is 17.2 Å². The fourth-order valence-corrected chi connectivity index (χ4v) is 2.12. The molecular formula is C17H17F2NO. The number of hydrogen-bond acceptors (Lipinski definition) is 2. The summed E-state index contributed by atoms with van der Waals surface area (Å²) in [6.45, 7) is 7.41. The Morgan fingerprint density at radius 1 is 1.14 bits per heavy atom. The van der Waals surface area contributed by atoms with Crippen LogP contribution in [0.15, 0.2) is 36.9 Å². The first kappa shape index (κ1) is 15.0. The maximum absolute atomic E-state index is 13.9. The number of benzene rings is 2. The van der Waals surface area contributed by atoms with Gasteiger partial charge in [0, 0.05) is 11.3 Å². The Labute approximate surface area is 123 Å². The molecule has 2 aromatic rings. The molecule has 0 aromatic heterocycles. The second-order valence-corrected chi connectivity index (χ2v) is 4.78. The largest absolute Gasteiger partial charge is 0.497 e. The van der Waals surface area contributed by atoms with Crippen molar-refractivity contribution in [1.29, 1.82) is 0 Å². The molecule has 0 aliphatic rings. The number of hydrogen-bond donors (Lipinski definition) is 1. The molecule has 21 heavy (non-hydrogen) atoms. The van der Waals surface area contributed by atoms with Gasteiger partial charge in [-0.25, -0.2) is 8.78 Å². The third kappa shape index (κ3) is 2.89. The number of methoxy groups -OCH3 is 1. The minimum atomic E-state index is -0.884. The first-order chi connectivity index (χ1) is 9.95. The standard InChI is InChI=1S/C17H17F2NO/c1-10-8-9-14(18)16(19)17(10)20-15-7-5-6-13(11(15)2)12(3)21-4/h5-9,20H,3H2,1-2,4H3. The van der Waals surface area contributed by atoms with Crippen LogP contribution in [0.4, 0.5) is 20.2 Å². The Morgan fingerprint density at radius 3 is 2.52 bits per heavy atom. The molecule has 110 valence electrons. The Hall–Kier alpha value is -2.36. The van der Waals surface area contributed by atoms with Gasteiger partial charge in [0.05, 0.1) is 12.8 Å². The van der Waals surface area contributed by atoms with Crippen LogP contribution >= 0.6 is 0 Å². The zero-order valence-corrected chi connectivity index (χ0v) is 12.3. The monoisotopic (exact) mass is 289 g/mol. The molecule has 0 aliphatic carbocycles. The fraction of sp³-hybridized carbons (Fsp3) is 0.176. The summed E-state index contributed by atoms with van der Waals surface area (Å²) in [4.78, 5) is 0. The van der Waals surface area contributed by atoms with Crippen LogP contribution in [0.25, 0.3) is 5.76 Å². The highest BCUT2D eigenvalue weighted by Gasteiger charge is 2.14.